The fraction of sp³-hybridized carbons (Fsp3) is 0.400. The molecular formula is C10H13N3O2S. The summed E-state index contributed by atoms with van der Waals surface area (Å²) >= 11 is 1.43. The summed E-state index contributed by atoms with van der Waals surface area (Å²) in [6, 6.07) is 0. The highest BCUT2D eigenvalue weighted by Gasteiger charge is 2.12. The number of hydrogen-bond donors (Lipinski definition) is 2. The van der Waals surface area contributed by atoms with Crippen LogP contribution in [0.3, 0.4) is 0 Å². The maximum Gasteiger partial charge on any atom is 0.263 e. The molecule has 0 aliphatic carbocycles. The Bertz CT molecular complexity index is 573. The molecule has 0 atom stereocenters. The molecule has 0 saturated carbocycles. The van der Waals surface area contributed by atoms with Crippen molar-refractivity contribution in [3.63, 3.8) is 0 Å². The Morgan fingerprint density at radius 3 is 3.00 bits per heavy atom. The number of H-pyrrole nitrogens is 1. The van der Waals surface area contributed by atoms with Crippen molar-refractivity contribution in [2.24, 2.45) is 7.05 Å². The van der Waals surface area contributed by atoms with Crippen molar-refractivity contribution < 1.29 is 5.11 Å². The van der Waals surface area contributed by atoms with E-state index in [1.54, 1.807) is 13.2 Å². The first kappa shape index (κ1) is 11.2. The number of aliphatic hydroxyl groups excluding tert-OH is 1. The fourth-order valence-electron chi connectivity index (χ4n) is 1.70. The molecule has 0 radical (unpaired) electrons. The summed E-state index contributed by atoms with van der Waals surface area (Å²) in [6.07, 6.45) is 4.08. The SMILES string of the molecule is CSc1nc2[nH]cc(CCO)c2c(=O)n1C. The van der Waals surface area contributed by atoms with E-state index in [4.69, 9.17) is 5.11 Å². The van der Waals surface area contributed by atoms with Gasteiger partial charge >= 0.3 is 0 Å². The van der Waals surface area contributed by atoms with Gasteiger partial charge in [0, 0.05) is 19.9 Å². The van der Waals surface area contributed by atoms with Crippen molar-refractivity contribution in [3.05, 3.63) is 22.1 Å². The minimum atomic E-state index is -0.0703. The molecule has 0 bridgehead atoms. The van der Waals surface area contributed by atoms with E-state index >= 15 is 0 Å². The molecule has 16 heavy (non-hydrogen) atoms. The van der Waals surface area contributed by atoms with Gasteiger partial charge in [0.2, 0.25) is 0 Å². The highest BCUT2D eigenvalue weighted by atomic mass is 32.2. The minimum absolute atomic E-state index is 0.0282. The Hall–Kier alpha value is -1.27. The average Bonchev–Trinajstić information content (AvgIpc) is 2.67. The van der Waals surface area contributed by atoms with Gasteiger partial charge in [-0.25, -0.2) is 4.98 Å². The number of nitrogens with zero attached hydrogens (tertiary/aromatic N) is 2. The van der Waals surface area contributed by atoms with E-state index in [9.17, 15) is 4.79 Å². The van der Waals surface area contributed by atoms with Crippen LogP contribution < -0.4 is 5.56 Å². The molecule has 0 unspecified atom stereocenters. The van der Waals surface area contributed by atoms with E-state index in [1.165, 1.54) is 16.3 Å². The van der Waals surface area contributed by atoms with Crippen molar-refractivity contribution in [1.29, 1.82) is 0 Å². The molecule has 86 valence electrons. The lowest BCUT2D eigenvalue weighted by Crippen LogP contribution is -2.20. The van der Waals surface area contributed by atoms with Crippen molar-refractivity contribution in [1.82, 2.24) is 14.5 Å². The van der Waals surface area contributed by atoms with Crippen molar-refractivity contribution in [2.45, 2.75) is 11.6 Å². The Morgan fingerprint density at radius 1 is 1.62 bits per heavy atom. The molecule has 2 rings (SSSR count). The van der Waals surface area contributed by atoms with E-state index in [0.717, 1.165) is 5.56 Å². The van der Waals surface area contributed by atoms with Crippen LogP contribution in [0.2, 0.25) is 0 Å². The minimum Gasteiger partial charge on any atom is -0.396 e. The zero-order valence-corrected chi connectivity index (χ0v) is 9.97. The normalized spacial score (nSPS) is 11.2. The predicted octanol–water partition coefficient (Wildman–Crippen LogP) is 0.518. The summed E-state index contributed by atoms with van der Waals surface area (Å²) in [4.78, 5) is 19.4. The standard InChI is InChI=1S/C10H13N3O2S/c1-13-9(15)7-6(3-4-14)5-11-8(7)12-10(13)16-2/h5,11,14H,3-4H2,1-2H3. The second-order valence-corrected chi connectivity index (χ2v) is 4.25. The number of aromatic amines is 1. The van der Waals surface area contributed by atoms with Crippen LogP contribution in [0.25, 0.3) is 11.0 Å². The van der Waals surface area contributed by atoms with Gasteiger partial charge in [-0.3, -0.25) is 9.36 Å². The third kappa shape index (κ3) is 1.64. The highest BCUT2D eigenvalue weighted by molar-refractivity contribution is 7.98. The van der Waals surface area contributed by atoms with Crippen molar-refractivity contribution in [2.75, 3.05) is 12.9 Å². The van der Waals surface area contributed by atoms with Crippen LogP contribution in [0.15, 0.2) is 16.1 Å². The monoisotopic (exact) mass is 239 g/mol. The van der Waals surface area contributed by atoms with Crippen LogP contribution in [0, 0.1) is 0 Å². The Labute approximate surface area is 96.5 Å². The highest BCUT2D eigenvalue weighted by Crippen LogP contribution is 2.16. The van der Waals surface area contributed by atoms with Crippen LogP contribution in [0.1, 0.15) is 5.56 Å². The molecule has 0 amide bonds. The van der Waals surface area contributed by atoms with Crippen LogP contribution >= 0.6 is 11.8 Å². The number of hydrogen-bond acceptors (Lipinski definition) is 4. The molecule has 6 heteroatoms. The van der Waals surface area contributed by atoms with Crippen LogP contribution in [0.4, 0.5) is 0 Å². The lowest BCUT2D eigenvalue weighted by atomic mass is 10.2. The maximum absolute atomic E-state index is 12.1. The fourth-order valence-corrected chi connectivity index (χ4v) is 2.24. The number of rotatable bonds is 3. The zero-order chi connectivity index (χ0) is 11.7. The van der Waals surface area contributed by atoms with Gasteiger partial charge in [-0.2, -0.15) is 0 Å². The van der Waals surface area contributed by atoms with Gasteiger partial charge in [0.25, 0.3) is 5.56 Å². The first-order chi connectivity index (χ1) is 7.69. The lowest BCUT2D eigenvalue weighted by Gasteiger charge is -2.04. The Morgan fingerprint density at radius 2 is 2.38 bits per heavy atom. The van der Waals surface area contributed by atoms with Gasteiger partial charge in [-0.15, -0.1) is 0 Å². The zero-order valence-electron chi connectivity index (χ0n) is 9.15. The van der Waals surface area contributed by atoms with E-state index in [1.807, 2.05) is 6.26 Å². The molecule has 5 nitrogen and oxygen atoms in total. The molecule has 2 heterocycles. The van der Waals surface area contributed by atoms with Crippen LogP contribution in [0.5, 0.6) is 0 Å². The summed E-state index contributed by atoms with van der Waals surface area (Å²) in [6.45, 7) is 0.0282. The van der Waals surface area contributed by atoms with Crippen LogP contribution in [-0.4, -0.2) is 32.5 Å². The summed E-state index contributed by atoms with van der Waals surface area (Å²) in [5, 5.41) is 10.2. The third-order valence-electron chi connectivity index (χ3n) is 2.52. The van der Waals surface area contributed by atoms with Gasteiger partial charge in [0.05, 0.1) is 5.39 Å². The van der Waals surface area contributed by atoms with E-state index < -0.39 is 0 Å². The van der Waals surface area contributed by atoms with Crippen molar-refractivity contribution in [3.8, 4) is 0 Å². The summed E-state index contributed by atoms with van der Waals surface area (Å²) < 4.78 is 1.53. The van der Waals surface area contributed by atoms with E-state index in [-0.39, 0.29) is 12.2 Å². The number of aromatic nitrogens is 3. The summed E-state index contributed by atoms with van der Waals surface area (Å²) in [5.74, 6) is 0. The third-order valence-corrected chi connectivity index (χ3v) is 3.25. The Kier molecular flexibility index (Phi) is 3.02. The molecule has 0 saturated heterocycles. The molecule has 0 fully saturated rings. The molecule has 0 aliphatic heterocycles. The van der Waals surface area contributed by atoms with Gasteiger partial charge < -0.3 is 10.1 Å². The molecule has 0 aromatic carbocycles. The van der Waals surface area contributed by atoms with Crippen molar-refractivity contribution >= 4 is 22.8 Å². The number of aliphatic hydroxyl groups is 1. The molecule has 2 N–H and O–H groups in total. The predicted molar refractivity (Wildman–Crippen MR) is 63.9 cm³/mol. The number of thioether (sulfide) groups is 1. The smallest absolute Gasteiger partial charge is 0.263 e. The van der Waals surface area contributed by atoms with E-state index in [0.29, 0.717) is 22.6 Å². The largest absolute Gasteiger partial charge is 0.396 e. The number of fused-ring (bicyclic) bond motifs is 1. The van der Waals surface area contributed by atoms with Crippen LogP contribution in [-0.2, 0) is 13.5 Å². The topological polar surface area (TPSA) is 70.9 Å². The molecule has 0 spiro atoms. The van der Waals surface area contributed by atoms with Gasteiger partial charge in [-0.05, 0) is 18.2 Å². The van der Waals surface area contributed by atoms with E-state index in [2.05, 4.69) is 9.97 Å². The average molecular weight is 239 g/mol. The summed E-state index contributed by atoms with van der Waals surface area (Å²) in [7, 11) is 1.70. The molecule has 2 aromatic heterocycles. The molecule has 2 aromatic rings. The van der Waals surface area contributed by atoms with Gasteiger partial charge in [-0.1, -0.05) is 11.8 Å². The Balaban J connectivity index is 2.75. The number of nitrogens with one attached hydrogen (secondary N) is 1. The quantitative estimate of drug-likeness (QED) is 0.605. The molecule has 0 aliphatic rings. The first-order valence-electron chi connectivity index (χ1n) is 4.91. The second kappa shape index (κ2) is 4.31. The molecular weight excluding hydrogens is 226 g/mol. The lowest BCUT2D eigenvalue weighted by molar-refractivity contribution is 0.300. The van der Waals surface area contributed by atoms with Gasteiger partial charge in [0.1, 0.15) is 5.65 Å². The first-order valence-corrected chi connectivity index (χ1v) is 6.13. The summed E-state index contributed by atoms with van der Waals surface area (Å²) in [5.41, 5.74) is 1.34. The second-order valence-electron chi connectivity index (χ2n) is 3.47. The van der Waals surface area contributed by atoms with Gasteiger partial charge in [0.15, 0.2) is 5.16 Å². The maximum atomic E-state index is 12.1.